The van der Waals surface area contributed by atoms with Crippen molar-refractivity contribution in [1.29, 1.82) is 0 Å². The fourth-order valence-electron chi connectivity index (χ4n) is 12.0. The van der Waals surface area contributed by atoms with E-state index in [2.05, 4.69) is 25.3 Å². The summed E-state index contributed by atoms with van der Waals surface area (Å²) in [7, 11) is 0. The van der Waals surface area contributed by atoms with E-state index in [4.69, 9.17) is 28.4 Å². The van der Waals surface area contributed by atoms with E-state index < -0.39 is 24.1 Å². The second-order valence-electron chi connectivity index (χ2n) is 18.2. The smallest absolute Gasteiger partial charge is 0.333 e. The molecule has 2 atom stereocenters. The summed E-state index contributed by atoms with van der Waals surface area (Å²) in [6.07, 6.45) is 13.1. The molecule has 0 radical (unpaired) electrons. The van der Waals surface area contributed by atoms with E-state index in [1.165, 1.54) is 49.7 Å². The van der Waals surface area contributed by atoms with Gasteiger partial charge in [0.15, 0.2) is 0 Å². The van der Waals surface area contributed by atoms with E-state index in [0.29, 0.717) is 11.1 Å². The number of aliphatic hydroxyl groups is 2. The van der Waals surface area contributed by atoms with Gasteiger partial charge in [0.05, 0.1) is 26.4 Å². The molecule has 1 aromatic rings. The molecule has 0 aromatic heterocycles. The number of benzene rings is 1. The first-order valence-electron chi connectivity index (χ1n) is 20.5. The Labute approximate surface area is 320 Å². The first-order valence-corrected chi connectivity index (χ1v) is 20.5. The summed E-state index contributed by atoms with van der Waals surface area (Å²) in [5.41, 5.74) is 3.13. The molecule has 8 aliphatic carbocycles. The van der Waals surface area contributed by atoms with Crippen LogP contribution in [0, 0.1) is 35.5 Å². The lowest BCUT2D eigenvalue weighted by Gasteiger charge is -2.59. The van der Waals surface area contributed by atoms with Crippen molar-refractivity contribution in [2.75, 3.05) is 52.9 Å². The van der Waals surface area contributed by atoms with E-state index in [1.54, 1.807) is 13.8 Å². The Morgan fingerprint density at radius 3 is 1.31 bits per heavy atom. The van der Waals surface area contributed by atoms with Crippen LogP contribution in [0.5, 0.6) is 11.5 Å². The maximum absolute atomic E-state index is 11.7. The van der Waals surface area contributed by atoms with Gasteiger partial charge in [-0.3, -0.25) is 0 Å². The minimum absolute atomic E-state index is 0.00192. The highest BCUT2D eigenvalue weighted by Crippen LogP contribution is 2.66. The Kier molecular flexibility index (Phi) is 12.1. The van der Waals surface area contributed by atoms with E-state index in [9.17, 15) is 19.8 Å². The normalized spacial score (nSPS) is 32.6. The SMILES string of the molecule is C=C(C)C(=O)OCCOCC(O)COc1cc(C23CC4CC(CC(C4)C2)C3)c(OCC(O)COCCOC(=O)C(=C)C)c(C23CC4CC(CC(C4)C2)C3)c1. The zero-order valence-corrected chi connectivity index (χ0v) is 32.5. The van der Waals surface area contributed by atoms with Gasteiger partial charge in [-0.05, 0) is 149 Å². The zero-order valence-electron chi connectivity index (χ0n) is 32.5. The topological polar surface area (TPSA) is 130 Å². The predicted octanol–water partition coefficient (Wildman–Crippen LogP) is 6.37. The first-order chi connectivity index (χ1) is 25.9. The zero-order chi connectivity index (χ0) is 38.0. The Bertz CT molecular complexity index is 1410. The largest absolute Gasteiger partial charge is 0.491 e. The third-order valence-electron chi connectivity index (χ3n) is 13.4. The molecule has 10 nitrogen and oxygen atoms in total. The fourth-order valence-corrected chi connectivity index (χ4v) is 12.0. The van der Waals surface area contributed by atoms with Crippen molar-refractivity contribution in [3.8, 4) is 11.5 Å². The molecule has 8 fully saturated rings. The monoisotopic (exact) mass is 750 g/mol. The summed E-state index contributed by atoms with van der Waals surface area (Å²) in [4.78, 5) is 23.4. The summed E-state index contributed by atoms with van der Waals surface area (Å²) < 4.78 is 35.0. The second-order valence-corrected chi connectivity index (χ2v) is 18.2. The molecule has 0 amide bonds. The predicted molar refractivity (Wildman–Crippen MR) is 202 cm³/mol. The van der Waals surface area contributed by atoms with Crippen molar-refractivity contribution >= 4 is 11.9 Å². The number of carbonyl (C=O) groups is 2. The van der Waals surface area contributed by atoms with Gasteiger partial charge in [0.25, 0.3) is 0 Å². The molecule has 54 heavy (non-hydrogen) atoms. The van der Waals surface area contributed by atoms with Gasteiger partial charge in [0.2, 0.25) is 0 Å². The third-order valence-corrected chi connectivity index (χ3v) is 13.4. The highest BCUT2D eigenvalue weighted by molar-refractivity contribution is 5.87. The minimum Gasteiger partial charge on any atom is -0.491 e. The van der Waals surface area contributed by atoms with Crippen LogP contribution in [0.2, 0.25) is 0 Å². The molecule has 8 bridgehead atoms. The lowest BCUT2D eigenvalue weighted by Crippen LogP contribution is -2.50. The van der Waals surface area contributed by atoms with Crippen molar-refractivity contribution in [2.24, 2.45) is 35.5 Å². The highest BCUT2D eigenvalue weighted by Gasteiger charge is 2.56. The van der Waals surface area contributed by atoms with Crippen molar-refractivity contribution in [1.82, 2.24) is 0 Å². The molecule has 2 unspecified atom stereocenters. The lowest BCUT2D eigenvalue weighted by atomic mass is 9.46. The van der Waals surface area contributed by atoms with Crippen molar-refractivity contribution < 1.29 is 48.2 Å². The Morgan fingerprint density at radius 1 is 0.611 bits per heavy atom. The quantitative estimate of drug-likeness (QED) is 0.0881. The summed E-state index contributed by atoms with van der Waals surface area (Å²) in [5.74, 6) is 5.16. The maximum Gasteiger partial charge on any atom is 0.333 e. The fraction of sp³-hybridized carbons (Fsp3) is 0.727. The van der Waals surface area contributed by atoms with Crippen LogP contribution in [0.4, 0.5) is 0 Å². The number of carbonyl (C=O) groups excluding carboxylic acids is 2. The van der Waals surface area contributed by atoms with E-state index in [-0.39, 0.29) is 63.7 Å². The molecule has 9 rings (SSSR count). The van der Waals surface area contributed by atoms with Crippen LogP contribution >= 0.6 is 0 Å². The van der Waals surface area contributed by atoms with Crippen molar-refractivity contribution in [2.45, 2.75) is 114 Å². The summed E-state index contributed by atoms with van der Waals surface area (Å²) in [6, 6.07) is 4.41. The van der Waals surface area contributed by atoms with Gasteiger partial charge in [0, 0.05) is 22.3 Å². The van der Waals surface area contributed by atoms with Crippen LogP contribution in [0.25, 0.3) is 0 Å². The van der Waals surface area contributed by atoms with Gasteiger partial charge in [-0.15, -0.1) is 0 Å². The number of hydrogen-bond donors (Lipinski definition) is 2. The molecular weight excluding hydrogens is 688 g/mol. The molecule has 8 saturated carbocycles. The van der Waals surface area contributed by atoms with Gasteiger partial charge >= 0.3 is 11.9 Å². The molecule has 0 spiro atoms. The number of ether oxygens (including phenoxy) is 6. The average Bonchev–Trinajstić information content (AvgIpc) is 3.11. The van der Waals surface area contributed by atoms with Crippen LogP contribution in [0.3, 0.4) is 0 Å². The van der Waals surface area contributed by atoms with E-state index in [0.717, 1.165) is 85.5 Å². The van der Waals surface area contributed by atoms with Gasteiger partial charge in [-0.1, -0.05) is 13.2 Å². The van der Waals surface area contributed by atoms with Crippen LogP contribution < -0.4 is 9.47 Å². The molecule has 0 heterocycles. The number of aliphatic hydroxyl groups excluding tert-OH is 2. The Morgan fingerprint density at radius 2 is 0.963 bits per heavy atom. The first kappa shape index (κ1) is 39.3. The number of rotatable bonds is 20. The minimum atomic E-state index is -0.858. The van der Waals surface area contributed by atoms with Crippen molar-refractivity contribution in [3.63, 3.8) is 0 Å². The van der Waals surface area contributed by atoms with E-state index >= 15 is 0 Å². The molecule has 2 N–H and O–H groups in total. The van der Waals surface area contributed by atoms with Crippen molar-refractivity contribution in [3.05, 3.63) is 47.6 Å². The summed E-state index contributed by atoms with van der Waals surface area (Å²) in [6.45, 7) is 11.2. The van der Waals surface area contributed by atoms with Gasteiger partial charge in [0.1, 0.15) is 50.1 Å². The average molecular weight is 751 g/mol. The van der Waals surface area contributed by atoms with Gasteiger partial charge in [-0.25, -0.2) is 9.59 Å². The van der Waals surface area contributed by atoms with Crippen LogP contribution in [0.1, 0.15) is 102 Å². The van der Waals surface area contributed by atoms with Crippen LogP contribution in [-0.4, -0.2) is 87.2 Å². The van der Waals surface area contributed by atoms with Gasteiger partial charge in [-0.2, -0.15) is 0 Å². The Hall–Kier alpha value is -2.92. The number of esters is 2. The Balaban J connectivity index is 1.12. The molecule has 298 valence electrons. The maximum atomic E-state index is 11.7. The standard InChI is InChI=1S/C44H62O10/c1-27(2)41(47)51-7-5-49-23-35(45)25-53-37-15-38(43-17-29-9-30(18-43)11-31(10-29)19-43)40(54-26-36(46)24-50-6-8-52-42(48)28(3)4)39(16-37)44-20-32-12-33(21-44)14-34(13-32)22-44/h15-16,29-36,45-46H,1,3,5-14,17-26H2,2,4H3. The summed E-state index contributed by atoms with van der Waals surface area (Å²) in [5, 5.41) is 22.0. The van der Waals surface area contributed by atoms with Crippen LogP contribution in [0.15, 0.2) is 36.4 Å². The molecule has 8 aliphatic rings. The second kappa shape index (κ2) is 16.7. The number of hydrogen-bond acceptors (Lipinski definition) is 10. The molecule has 0 saturated heterocycles. The molecule has 0 aliphatic heterocycles. The van der Waals surface area contributed by atoms with Crippen LogP contribution in [-0.2, 0) is 39.4 Å². The highest BCUT2D eigenvalue weighted by atomic mass is 16.6. The van der Waals surface area contributed by atoms with Gasteiger partial charge < -0.3 is 38.6 Å². The summed E-state index contributed by atoms with van der Waals surface area (Å²) >= 11 is 0. The molecule has 1 aromatic carbocycles. The van der Waals surface area contributed by atoms with E-state index in [1.807, 2.05) is 0 Å². The molecule has 10 heteroatoms. The lowest BCUT2D eigenvalue weighted by molar-refractivity contribution is -0.141. The third kappa shape index (κ3) is 8.87. The molecular formula is C44H62O10.